The molecule has 1 amide bonds. The van der Waals surface area contributed by atoms with Crippen LogP contribution in [0.4, 0.5) is 0 Å². The summed E-state index contributed by atoms with van der Waals surface area (Å²) in [7, 11) is 0. The van der Waals surface area contributed by atoms with Gasteiger partial charge in [0, 0.05) is 16.6 Å². The Morgan fingerprint density at radius 1 is 1.37 bits per heavy atom. The van der Waals surface area contributed by atoms with Crippen LogP contribution < -0.4 is 5.32 Å². The van der Waals surface area contributed by atoms with Gasteiger partial charge in [-0.2, -0.15) is 0 Å². The summed E-state index contributed by atoms with van der Waals surface area (Å²) >= 11 is 3.42. The lowest BCUT2D eigenvalue weighted by molar-refractivity contribution is 0.00525. The standard InChI is InChI=1S/C15H20BrNO2/c1-11-12(6-5-7-13(11)16)14(18)17-10-15(19)8-3-2-4-9-15/h5-7,19H,2-4,8-10H2,1H3,(H,17,18). The van der Waals surface area contributed by atoms with Gasteiger partial charge in [-0.25, -0.2) is 0 Å². The fraction of sp³-hybridized carbons (Fsp3) is 0.533. The van der Waals surface area contributed by atoms with Gasteiger partial charge in [-0.05, 0) is 37.5 Å². The summed E-state index contributed by atoms with van der Waals surface area (Å²) in [5.41, 5.74) is 0.873. The molecule has 1 aliphatic carbocycles. The van der Waals surface area contributed by atoms with Crippen molar-refractivity contribution in [2.24, 2.45) is 0 Å². The highest BCUT2D eigenvalue weighted by atomic mass is 79.9. The smallest absolute Gasteiger partial charge is 0.251 e. The van der Waals surface area contributed by atoms with E-state index in [1.54, 1.807) is 6.07 Å². The van der Waals surface area contributed by atoms with Crippen molar-refractivity contribution >= 4 is 21.8 Å². The van der Waals surface area contributed by atoms with Gasteiger partial charge in [-0.1, -0.05) is 41.3 Å². The van der Waals surface area contributed by atoms with Crippen molar-refractivity contribution < 1.29 is 9.90 Å². The number of aliphatic hydroxyl groups is 1. The molecular formula is C15H20BrNO2. The van der Waals surface area contributed by atoms with Crippen LogP contribution in [-0.2, 0) is 0 Å². The van der Waals surface area contributed by atoms with E-state index in [0.717, 1.165) is 35.7 Å². The summed E-state index contributed by atoms with van der Waals surface area (Å²) < 4.78 is 0.927. The minimum Gasteiger partial charge on any atom is -0.388 e. The first-order valence-electron chi connectivity index (χ1n) is 6.77. The highest BCUT2D eigenvalue weighted by Gasteiger charge is 2.29. The van der Waals surface area contributed by atoms with Crippen LogP contribution in [0, 0.1) is 6.92 Å². The molecule has 1 aliphatic rings. The molecule has 0 saturated heterocycles. The molecule has 0 bridgehead atoms. The molecule has 19 heavy (non-hydrogen) atoms. The lowest BCUT2D eigenvalue weighted by atomic mass is 9.85. The molecule has 1 aromatic rings. The summed E-state index contributed by atoms with van der Waals surface area (Å²) in [5, 5.41) is 13.2. The normalized spacial score (nSPS) is 18.1. The van der Waals surface area contributed by atoms with Gasteiger partial charge in [-0.15, -0.1) is 0 Å². The number of halogens is 1. The molecule has 0 aliphatic heterocycles. The molecule has 0 aromatic heterocycles. The number of nitrogens with one attached hydrogen (secondary N) is 1. The second-order valence-electron chi connectivity index (χ2n) is 5.38. The summed E-state index contributed by atoms with van der Waals surface area (Å²) in [4.78, 5) is 12.2. The highest BCUT2D eigenvalue weighted by Crippen LogP contribution is 2.27. The van der Waals surface area contributed by atoms with Crippen LogP contribution in [0.5, 0.6) is 0 Å². The van der Waals surface area contributed by atoms with Gasteiger partial charge in [0.05, 0.1) is 5.60 Å². The van der Waals surface area contributed by atoms with E-state index >= 15 is 0 Å². The first-order valence-corrected chi connectivity index (χ1v) is 7.57. The number of amides is 1. The molecule has 0 atom stereocenters. The fourth-order valence-corrected chi connectivity index (χ4v) is 2.95. The third-order valence-corrected chi connectivity index (χ3v) is 4.73. The van der Waals surface area contributed by atoms with E-state index in [-0.39, 0.29) is 5.91 Å². The predicted molar refractivity (Wildman–Crippen MR) is 79.2 cm³/mol. The highest BCUT2D eigenvalue weighted by molar-refractivity contribution is 9.10. The van der Waals surface area contributed by atoms with Crippen molar-refractivity contribution in [3.05, 3.63) is 33.8 Å². The Kier molecular flexibility index (Phi) is 4.63. The van der Waals surface area contributed by atoms with Gasteiger partial charge in [0.1, 0.15) is 0 Å². The topological polar surface area (TPSA) is 49.3 Å². The van der Waals surface area contributed by atoms with Crippen molar-refractivity contribution in [2.45, 2.75) is 44.6 Å². The summed E-state index contributed by atoms with van der Waals surface area (Å²) in [6.07, 6.45) is 4.83. The maximum absolute atomic E-state index is 12.2. The van der Waals surface area contributed by atoms with Crippen molar-refractivity contribution in [3.63, 3.8) is 0 Å². The Bertz CT molecular complexity index is 467. The molecule has 4 heteroatoms. The minimum absolute atomic E-state index is 0.113. The van der Waals surface area contributed by atoms with E-state index in [9.17, 15) is 9.90 Å². The van der Waals surface area contributed by atoms with E-state index in [1.165, 1.54) is 6.42 Å². The second-order valence-corrected chi connectivity index (χ2v) is 6.23. The molecule has 0 heterocycles. The monoisotopic (exact) mass is 325 g/mol. The Morgan fingerprint density at radius 3 is 2.74 bits per heavy atom. The molecule has 1 saturated carbocycles. The van der Waals surface area contributed by atoms with E-state index in [4.69, 9.17) is 0 Å². The molecule has 1 aromatic carbocycles. The molecule has 104 valence electrons. The molecule has 2 N–H and O–H groups in total. The second kappa shape index (κ2) is 6.06. The van der Waals surface area contributed by atoms with Crippen LogP contribution in [0.15, 0.2) is 22.7 Å². The number of hydrogen-bond acceptors (Lipinski definition) is 2. The van der Waals surface area contributed by atoms with Crippen LogP contribution in [0.3, 0.4) is 0 Å². The van der Waals surface area contributed by atoms with Crippen molar-refractivity contribution in [2.75, 3.05) is 6.54 Å². The van der Waals surface area contributed by atoms with Gasteiger partial charge in [0.15, 0.2) is 0 Å². The number of rotatable bonds is 3. The Morgan fingerprint density at radius 2 is 2.05 bits per heavy atom. The van der Waals surface area contributed by atoms with Gasteiger partial charge in [-0.3, -0.25) is 4.79 Å². The van der Waals surface area contributed by atoms with Gasteiger partial charge < -0.3 is 10.4 Å². The molecule has 1 fully saturated rings. The summed E-state index contributed by atoms with van der Waals surface area (Å²) in [6, 6.07) is 5.57. The van der Waals surface area contributed by atoms with E-state index in [1.807, 2.05) is 19.1 Å². The van der Waals surface area contributed by atoms with Crippen molar-refractivity contribution in [3.8, 4) is 0 Å². The third-order valence-electron chi connectivity index (χ3n) is 3.87. The maximum atomic E-state index is 12.2. The first-order chi connectivity index (χ1) is 9.02. The van der Waals surface area contributed by atoms with Crippen molar-refractivity contribution in [1.82, 2.24) is 5.32 Å². The van der Waals surface area contributed by atoms with Crippen LogP contribution in [-0.4, -0.2) is 23.2 Å². The Labute approximate surface area is 122 Å². The predicted octanol–water partition coefficient (Wildman–Crippen LogP) is 3.18. The van der Waals surface area contributed by atoms with E-state index in [0.29, 0.717) is 12.1 Å². The molecule has 2 rings (SSSR count). The number of carbonyl (C=O) groups is 1. The van der Waals surface area contributed by atoms with E-state index in [2.05, 4.69) is 21.2 Å². The maximum Gasteiger partial charge on any atom is 0.251 e. The molecule has 0 spiro atoms. The molecule has 0 unspecified atom stereocenters. The average molecular weight is 326 g/mol. The van der Waals surface area contributed by atoms with Gasteiger partial charge in [0.2, 0.25) is 0 Å². The quantitative estimate of drug-likeness (QED) is 0.896. The van der Waals surface area contributed by atoms with E-state index < -0.39 is 5.60 Å². The SMILES string of the molecule is Cc1c(Br)cccc1C(=O)NCC1(O)CCCCC1. The zero-order valence-corrected chi connectivity index (χ0v) is 12.8. The molecular weight excluding hydrogens is 306 g/mol. The largest absolute Gasteiger partial charge is 0.388 e. The zero-order valence-electron chi connectivity index (χ0n) is 11.2. The summed E-state index contributed by atoms with van der Waals surface area (Å²) in [5.74, 6) is -0.113. The Balaban J connectivity index is 1.99. The molecule has 0 radical (unpaired) electrons. The van der Waals surface area contributed by atoms with Gasteiger partial charge >= 0.3 is 0 Å². The van der Waals surface area contributed by atoms with Crippen LogP contribution >= 0.6 is 15.9 Å². The lowest BCUT2D eigenvalue weighted by Gasteiger charge is -2.32. The average Bonchev–Trinajstić information content (AvgIpc) is 2.40. The first kappa shape index (κ1) is 14.5. The summed E-state index contributed by atoms with van der Waals surface area (Å²) in [6.45, 7) is 2.26. The lowest BCUT2D eigenvalue weighted by Crippen LogP contribution is -2.44. The van der Waals surface area contributed by atoms with Crippen LogP contribution in [0.2, 0.25) is 0 Å². The van der Waals surface area contributed by atoms with Gasteiger partial charge in [0.25, 0.3) is 5.91 Å². The van der Waals surface area contributed by atoms with Crippen molar-refractivity contribution in [1.29, 1.82) is 0 Å². The Hall–Kier alpha value is -0.870. The third kappa shape index (κ3) is 3.57. The van der Waals surface area contributed by atoms with Crippen LogP contribution in [0.1, 0.15) is 48.0 Å². The minimum atomic E-state index is -0.714. The zero-order chi connectivity index (χ0) is 13.9. The molecule has 3 nitrogen and oxygen atoms in total. The number of hydrogen-bond donors (Lipinski definition) is 2. The fourth-order valence-electron chi connectivity index (χ4n) is 2.58. The number of carbonyl (C=O) groups excluding carboxylic acids is 1. The number of benzene rings is 1. The van der Waals surface area contributed by atoms with Crippen LogP contribution in [0.25, 0.3) is 0 Å².